The summed E-state index contributed by atoms with van der Waals surface area (Å²) < 4.78 is 59.2. The normalized spacial score (nSPS) is 11.7. The van der Waals surface area contributed by atoms with E-state index in [0.29, 0.717) is 12.1 Å². The zero-order chi connectivity index (χ0) is 14.8. The van der Waals surface area contributed by atoms with Crippen molar-refractivity contribution < 1.29 is 26.4 Å². The van der Waals surface area contributed by atoms with E-state index < -0.39 is 45.2 Å². The van der Waals surface area contributed by atoms with Crippen molar-refractivity contribution in [3.05, 3.63) is 28.0 Å². The summed E-state index contributed by atoms with van der Waals surface area (Å²) in [4.78, 5) is 10.9. The molecule has 19 heavy (non-hydrogen) atoms. The summed E-state index contributed by atoms with van der Waals surface area (Å²) in [6.07, 6.45) is -2.78. The second-order valence-electron chi connectivity index (χ2n) is 3.41. The average molecular weight is 361 g/mol. The highest BCUT2D eigenvalue weighted by molar-refractivity contribution is 9.10. The molecule has 1 amide bonds. The Morgan fingerprint density at radius 3 is 2.47 bits per heavy atom. The SMILES string of the molecule is NS(=O)(=O)c1cc(F)cc(C(=O)NCC(F)F)c1Br. The Morgan fingerprint density at radius 2 is 2.00 bits per heavy atom. The molecule has 0 aliphatic rings. The van der Waals surface area contributed by atoms with Gasteiger partial charge in [0.1, 0.15) is 5.82 Å². The third-order valence-electron chi connectivity index (χ3n) is 1.97. The van der Waals surface area contributed by atoms with Crippen LogP contribution in [0.2, 0.25) is 0 Å². The molecule has 1 aromatic carbocycles. The summed E-state index contributed by atoms with van der Waals surface area (Å²) in [5.41, 5.74) is -0.440. The molecule has 0 radical (unpaired) electrons. The van der Waals surface area contributed by atoms with Crippen LogP contribution in [0.15, 0.2) is 21.5 Å². The zero-order valence-corrected chi connectivity index (χ0v) is 11.6. The number of carbonyl (C=O) groups is 1. The molecule has 1 aromatic rings. The van der Waals surface area contributed by atoms with E-state index >= 15 is 0 Å². The molecule has 0 fully saturated rings. The number of halogens is 4. The number of nitrogens with two attached hydrogens (primary N) is 1. The summed E-state index contributed by atoms with van der Waals surface area (Å²) in [6.45, 7) is -0.938. The average Bonchev–Trinajstić information content (AvgIpc) is 2.27. The molecule has 3 N–H and O–H groups in total. The minimum Gasteiger partial charge on any atom is -0.346 e. The Kier molecular flexibility index (Phi) is 4.93. The third-order valence-corrected chi connectivity index (χ3v) is 4.02. The van der Waals surface area contributed by atoms with Crippen molar-refractivity contribution in [2.24, 2.45) is 5.14 Å². The number of hydrogen-bond donors (Lipinski definition) is 2. The summed E-state index contributed by atoms with van der Waals surface area (Å²) in [6, 6.07) is 1.32. The molecule has 106 valence electrons. The van der Waals surface area contributed by atoms with Crippen molar-refractivity contribution in [3.63, 3.8) is 0 Å². The largest absolute Gasteiger partial charge is 0.346 e. The van der Waals surface area contributed by atoms with Gasteiger partial charge < -0.3 is 5.32 Å². The molecule has 0 atom stereocenters. The quantitative estimate of drug-likeness (QED) is 0.846. The van der Waals surface area contributed by atoms with Gasteiger partial charge in [0, 0.05) is 0 Å². The van der Waals surface area contributed by atoms with Gasteiger partial charge in [-0.3, -0.25) is 4.79 Å². The van der Waals surface area contributed by atoms with Crippen LogP contribution in [-0.2, 0) is 10.0 Å². The van der Waals surface area contributed by atoms with Gasteiger partial charge in [-0.15, -0.1) is 0 Å². The fourth-order valence-corrected chi connectivity index (χ4v) is 2.92. The van der Waals surface area contributed by atoms with Gasteiger partial charge in [-0.25, -0.2) is 26.7 Å². The van der Waals surface area contributed by atoms with Crippen LogP contribution in [0.3, 0.4) is 0 Å². The van der Waals surface area contributed by atoms with Crippen LogP contribution in [0, 0.1) is 5.82 Å². The first-order chi connectivity index (χ1) is 8.62. The third kappa shape index (κ3) is 4.18. The minimum atomic E-state index is -4.26. The molecule has 0 spiro atoms. The monoisotopic (exact) mass is 360 g/mol. The van der Waals surface area contributed by atoms with Crippen LogP contribution in [-0.4, -0.2) is 27.3 Å². The number of amides is 1. The molecule has 0 aliphatic carbocycles. The molecule has 0 aromatic heterocycles. The summed E-state index contributed by atoms with van der Waals surface area (Å²) in [5, 5.41) is 6.67. The van der Waals surface area contributed by atoms with Crippen LogP contribution in [0.4, 0.5) is 13.2 Å². The number of rotatable bonds is 4. The topological polar surface area (TPSA) is 89.3 Å². The fraction of sp³-hybridized carbons (Fsp3) is 0.222. The molecular weight excluding hydrogens is 353 g/mol. The van der Waals surface area contributed by atoms with Crippen LogP contribution >= 0.6 is 15.9 Å². The second-order valence-corrected chi connectivity index (χ2v) is 5.73. The van der Waals surface area contributed by atoms with Crippen molar-refractivity contribution in [2.45, 2.75) is 11.3 Å². The lowest BCUT2D eigenvalue weighted by Gasteiger charge is -2.09. The number of hydrogen-bond acceptors (Lipinski definition) is 3. The second kappa shape index (κ2) is 5.88. The number of benzene rings is 1. The number of carbonyl (C=O) groups excluding carboxylic acids is 1. The van der Waals surface area contributed by atoms with Crippen molar-refractivity contribution in [1.29, 1.82) is 0 Å². The molecule has 0 aliphatic heterocycles. The molecule has 0 unspecified atom stereocenters. The Morgan fingerprint density at radius 1 is 1.42 bits per heavy atom. The van der Waals surface area contributed by atoms with E-state index in [1.165, 1.54) is 0 Å². The number of alkyl halides is 2. The molecule has 10 heteroatoms. The fourth-order valence-electron chi connectivity index (χ4n) is 1.20. The lowest BCUT2D eigenvalue weighted by atomic mass is 10.2. The van der Waals surface area contributed by atoms with E-state index in [1.807, 2.05) is 5.32 Å². The summed E-state index contributed by atoms with van der Waals surface area (Å²) >= 11 is 2.78. The molecule has 0 heterocycles. The highest BCUT2D eigenvalue weighted by Gasteiger charge is 2.21. The van der Waals surface area contributed by atoms with Crippen molar-refractivity contribution in [3.8, 4) is 0 Å². The highest BCUT2D eigenvalue weighted by atomic mass is 79.9. The maximum atomic E-state index is 13.2. The van der Waals surface area contributed by atoms with Crippen molar-refractivity contribution >= 4 is 31.9 Å². The molecule has 0 saturated carbocycles. The smallest absolute Gasteiger partial charge is 0.255 e. The van der Waals surface area contributed by atoms with Gasteiger partial charge in [0.25, 0.3) is 12.3 Å². The summed E-state index contributed by atoms with van der Waals surface area (Å²) in [7, 11) is -4.26. The highest BCUT2D eigenvalue weighted by Crippen LogP contribution is 2.26. The van der Waals surface area contributed by atoms with Crippen LogP contribution in [0.5, 0.6) is 0 Å². The van der Waals surface area contributed by atoms with Gasteiger partial charge >= 0.3 is 0 Å². The van der Waals surface area contributed by atoms with E-state index in [4.69, 9.17) is 5.14 Å². The van der Waals surface area contributed by atoms with E-state index in [9.17, 15) is 26.4 Å². The van der Waals surface area contributed by atoms with Gasteiger partial charge in [0.2, 0.25) is 10.0 Å². The first kappa shape index (κ1) is 15.9. The maximum Gasteiger partial charge on any atom is 0.255 e. The first-order valence-corrected chi connectivity index (χ1v) is 7.05. The van der Waals surface area contributed by atoms with Gasteiger partial charge in [0.05, 0.1) is 21.5 Å². The van der Waals surface area contributed by atoms with Gasteiger partial charge in [-0.05, 0) is 28.1 Å². The molecular formula is C9H8BrF3N2O3S. The van der Waals surface area contributed by atoms with Crippen LogP contribution in [0.25, 0.3) is 0 Å². The summed E-state index contributed by atoms with van der Waals surface area (Å²) in [5.74, 6) is -2.08. The minimum absolute atomic E-state index is 0.289. The lowest BCUT2D eigenvalue weighted by molar-refractivity contribution is 0.0890. The van der Waals surface area contributed by atoms with Crippen LogP contribution < -0.4 is 10.5 Å². The van der Waals surface area contributed by atoms with E-state index in [1.54, 1.807) is 0 Å². The van der Waals surface area contributed by atoms with E-state index in [2.05, 4.69) is 15.9 Å². The van der Waals surface area contributed by atoms with E-state index in [-0.39, 0.29) is 4.47 Å². The molecule has 0 saturated heterocycles. The lowest BCUT2D eigenvalue weighted by Crippen LogP contribution is -2.29. The molecule has 5 nitrogen and oxygen atoms in total. The maximum absolute atomic E-state index is 13.2. The van der Waals surface area contributed by atoms with Crippen molar-refractivity contribution in [1.82, 2.24) is 5.32 Å². The van der Waals surface area contributed by atoms with Crippen LogP contribution in [0.1, 0.15) is 10.4 Å². The van der Waals surface area contributed by atoms with E-state index in [0.717, 1.165) is 0 Å². The molecule has 0 bridgehead atoms. The Labute approximate surface area is 115 Å². The Bertz CT molecular complexity index is 607. The Hall–Kier alpha value is -1.13. The number of primary sulfonamides is 1. The standard InChI is InChI=1S/C9H8BrF3N2O3S/c10-8-5(9(16)15-3-7(12)13)1-4(11)2-6(8)19(14,17)18/h1-2,7H,3H2,(H,15,16)(H2,14,17,18). The molecule has 1 rings (SSSR count). The van der Waals surface area contributed by atoms with Gasteiger partial charge in [-0.1, -0.05) is 0 Å². The number of sulfonamides is 1. The van der Waals surface area contributed by atoms with Gasteiger partial charge in [0.15, 0.2) is 0 Å². The van der Waals surface area contributed by atoms with Crippen molar-refractivity contribution in [2.75, 3.05) is 6.54 Å². The van der Waals surface area contributed by atoms with Gasteiger partial charge in [-0.2, -0.15) is 0 Å². The first-order valence-electron chi connectivity index (χ1n) is 4.71. The number of nitrogens with one attached hydrogen (secondary N) is 1. The zero-order valence-electron chi connectivity index (χ0n) is 9.16. The Balaban J connectivity index is 3.22. The predicted octanol–water partition coefficient (Wildman–Crippen LogP) is 1.23. The predicted molar refractivity (Wildman–Crippen MR) is 63.8 cm³/mol.